The molecule has 20 heavy (non-hydrogen) atoms. The molecule has 0 radical (unpaired) electrons. The summed E-state index contributed by atoms with van der Waals surface area (Å²) in [5, 5.41) is 11.4. The second-order valence-electron chi connectivity index (χ2n) is 4.56. The smallest absolute Gasteiger partial charge is 0.256 e. The SMILES string of the molecule is Cc1nnnn1-c1ccccc1C(=O)N1CCOCC1. The first-order valence-electron chi connectivity index (χ1n) is 6.49. The number of para-hydroxylation sites is 1. The van der Waals surface area contributed by atoms with Crippen LogP contribution in [0.5, 0.6) is 0 Å². The van der Waals surface area contributed by atoms with Gasteiger partial charge >= 0.3 is 0 Å². The first-order valence-corrected chi connectivity index (χ1v) is 6.49. The Hall–Kier alpha value is -2.28. The number of rotatable bonds is 2. The van der Waals surface area contributed by atoms with E-state index in [0.29, 0.717) is 43.4 Å². The van der Waals surface area contributed by atoms with E-state index in [1.807, 2.05) is 18.2 Å². The second-order valence-corrected chi connectivity index (χ2v) is 4.56. The van der Waals surface area contributed by atoms with Gasteiger partial charge in [0.2, 0.25) is 0 Å². The Bertz CT molecular complexity index is 619. The molecule has 3 rings (SSSR count). The summed E-state index contributed by atoms with van der Waals surface area (Å²) in [4.78, 5) is 14.4. The van der Waals surface area contributed by atoms with Crippen molar-refractivity contribution in [3.05, 3.63) is 35.7 Å². The average molecular weight is 273 g/mol. The van der Waals surface area contributed by atoms with Crippen molar-refractivity contribution in [2.24, 2.45) is 0 Å². The molecular formula is C13H15N5O2. The lowest BCUT2D eigenvalue weighted by Gasteiger charge is -2.27. The number of aromatic nitrogens is 4. The van der Waals surface area contributed by atoms with Gasteiger partial charge in [0.15, 0.2) is 5.82 Å². The first-order chi connectivity index (χ1) is 9.77. The summed E-state index contributed by atoms with van der Waals surface area (Å²) in [7, 11) is 0. The van der Waals surface area contributed by atoms with Crippen LogP contribution < -0.4 is 0 Å². The first kappa shape index (κ1) is 12.7. The molecule has 1 amide bonds. The van der Waals surface area contributed by atoms with Crippen LogP contribution in [0, 0.1) is 6.92 Å². The molecule has 7 nitrogen and oxygen atoms in total. The van der Waals surface area contributed by atoms with Gasteiger partial charge in [0.05, 0.1) is 24.5 Å². The van der Waals surface area contributed by atoms with E-state index in [2.05, 4.69) is 15.5 Å². The maximum Gasteiger partial charge on any atom is 0.256 e. The van der Waals surface area contributed by atoms with Crippen LogP contribution in [0.2, 0.25) is 0 Å². The van der Waals surface area contributed by atoms with Crippen LogP contribution in [-0.4, -0.2) is 57.3 Å². The van der Waals surface area contributed by atoms with E-state index in [1.165, 1.54) is 0 Å². The molecule has 1 saturated heterocycles. The van der Waals surface area contributed by atoms with E-state index in [-0.39, 0.29) is 5.91 Å². The molecule has 0 bridgehead atoms. The fourth-order valence-electron chi connectivity index (χ4n) is 2.23. The number of aryl methyl sites for hydroxylation is 1. The van der Waals surface area contributed by atoms with Gasteiger partial charge in [0, 0.05) is 13.1 Å². The zero-order valence-electron chi connectivity index (χ0n) is 11.2. The monoisotopic (exact) mass is 273 g/mol. The molecule has 0 aliphatic carbocycles. The van der Waals surface area contributed by atoms with Gasteiger partial charge in [-0.3, -0.25) is 4.79 Å². The van der Waals surface area contributed by atoms with Crippen LogP contribution in [0.1, 0.15) is 16.2 Å². The number of amides is 1. The van der Waals surface area contributed by atoms with Crippen LogP contribution in [0.4, 0.5) is 0 Å². The number of ether oxygens (including phenoxy) is 1. The van der Waals surface area contributed by atoms with Crippen LogP contribution >= 0.6 is 0 Å². The van der Waals surface area contributed by atoms with Crippen molar-refractivity contribution in [2.45, 2.75) is 6.92 Å². The lowest BCUT2D eigenvalue weighted by molar-refractivity contribution is 0.0303. The molecule has 2 aromatic rings. The molecule has 2 heterocycles. The fourth-order valence-corrected chi connectivity index (χ4v) is 2.23. The van der Waals surface area contributed by atoms with Crippen molar-refractivity contribution >= 4 is 5.91 Å². The molecule has 1 aliphatic rings. The van der Waals surface area contributed by atoms with Gasteiger partial charge in [-0.15, -0.1) is 5.10 Å². The average Bonchev–Trinajstić information content (AvgIpc) is 2.93. The molecule has 0 saturated carbocycles. The van der Waals surface area contributed by atoms with Gasteiger partial charge in [-0.2, -0.15) is 4.68 Å². The summed E-state index contributed by atoms with van der Waals surface area (Å²) >= 11 is 0. The van der Waals surface area contributed by atoms with E-state index in [1.54, 1.807) is 22.6 Å². The van der Waals surface area contributed by atoms with Gasteiger partial charge < -0.3 is 9.64 Å². The number of tetrazole rings is 1. The lowest BCUT2D eigenvalue weighted by atomic mass is 10.1. The maximum atomic E-state index is 12.6. The van der Waals surface area contributed by atoms with Gasteiger partial charge in [-0.25, -0.2) is 0 Å². The molecule has 7 heteroatoms. The predicted molar refractivity (Wildman–Crippen MR) is 70.6 cm³/mol. The molecular weight excluding hydrogens is 258 g/mol. The van der Waals surface area contributed by atoms with Crippen LogP contribution in [0.25, 0.3) is 5.69 Å². The highest BCUT2D eigenvalue weighted by atomic mass is 16.5. The minimum atomic E-state index is -0.0150. The highest BCUT2D eigenvalue weighted by Crippen LogP contribution is 2.17. The molecule has 1 aromatic carbocycles. The molecule has 0 unspecified atom stereocenters. The largest absolute Gasteiger partial charge is 0.378 e. The Balaban J connectivity index is 1.97. The second kappa shape index (κ2) is 5.38. The van der Waals surface area contributed by atoms with Crippen molar-refractivity contribution in [3.8, 4) is 5.69 Å². The maximum absolute atomic E-state index is 12.6. The van der Waals surface area contributed by atoms with E-state index >= 15 is 0 Å². The predicted octanol–water partition coefficient (Wildman–Crippen LogP) is 0.443. The van der Waals surface area contributed by atoms with E-state index in [4.69, 9.17) is 4.74 Å². The minimum absolute atomic E-state index is 0.0150. The zero-order chi connectivity index (χ0) is 13.9. The number of nitrogens with zero attached hydrogens (tertiary/aromatic N) is 5. The Morgan fingerprint density at radius 1 is 1.25 bits per heavy atom. The summed E-state index contributed by atoms with van der Waals surface area (Å²) in [6.07, 6.45) is 0. The summed E-state index contributed by atoms with van der Waals surface area (Å²) < 4.78 is 6.85. The van der Waals surface area contributed by atoms with E-state index < -0.39 is 0 Å². The number of morpholine rings is 1. The Labute approximate surface area is 116 Å². The molecule has 0 atom stereocenters. The standard InChI is InChI=1S/C13H15N5O2/c1-10-14-15-16-18(10)12-5-3-2-4-11(12)13(19)17-6-8-20-9-7-17/h2-5H,6-9H2,1H3. The topological polar surface area (TPSA) is 73.1 Å². The quantitative estimate of drug-likeness (QED) is 0.794. The van der Waals surface area contributed by atoms with Crippen molar-refractivity contribution in [2.75, 3.05) is 26.3 Å². The molecule has 0 N–H and O–H groups in total. The highest BCUT2D eigenvalue weighted by Gasteiger charge is 2.22. The molecule has 104 valence electrons. The number of carbonyl (C=O) groups is 1. The van der Waals surface area contributed by atoms with Crippen molar-refractivity contribution in [1.29, 1.82) is 0 Å². The highest BCUT2D eigenvalue weighted by molar-refractivity contribution is 5.97. The molecule has 1 fully saturated rings. The van der Waals surface area contributed by atoms with Crippen molar-refractivity contribution in [3.63, 3.8) is 0 Å². The number of carbonyl (C=O) groups excluding carboxylic acids is 1. The summed E-state index contributed by atoms with van der Waals surface area (Å²) in [6.45, 7) is 4.19. The summed E-state index contributed by atoms with van der Waals surface area (Å²) in [5.41, 5.74) is 1.30. The van der Waals surface area contributed by atoms with Crippen LogP contribution in [-0.2, 0) is 4.74 Å². The third-order valence-corrected chi connectivity index (χ3v) is 3.29. The lowest BCUT2D eigenvalue weighted by Crippen LogP contribution is -2.41. The van der Waals surface area contributed by atoms with Gasteiger partial charge in [-0.05, 0) is 29.5 Å². The summed E-state index contributed by atoms with van der Waals surface area (Å²) in [5.74, 6) is 0.631. The molecule has 1 aliphatic heterocycles. The number of hydrogen-bond donors (Lipinski definition) is 0. The minimum Gasteiger partial charge on any atom is -0.378 e. The third-order valence-electron chi connectivity index (χ3n) is 3.29. The summed E-state index contributed by atoms with van der Waals surface area (Å²) in [6, 6.07) is 7.36. The normalized spacial score (nSPS) is 15.3. The number of benzene rings is 1. The van der Waals surface area contributed by atoms with Crippen molar-refractivity contribution < 1.29 is 9.53 Å². The fraction of sp³-hybridized carbons (Fsp3) is 0.385. The van der Waals surface area contributed by atoms with Crippen LogP contribution in [0.15, 0.2) is 24.3 Å². The van der Waals surface area contributed by atoms with E-state index in [9.17, 15) is 4.79 Å². The molecule has 0 spiro atoms. The van der Waals surface area contributed by atoms with Gasteiger partial charge in [0.25, 0.3) is 5.91 Å². The Kier molecular flexibility index (Phi) is 3.42. The Morgan fingerprint density at radius 3 is 2.70 bits per heavy atom. The third kappa shape index (κ3) is 2.27. The van der Waals surface area contributed by atoms with E-state index in [0.717, 1.165) is 0 Å². The van der Waals surface area contributed by atoms with Crippen molar-refractivity contribution in [1.82, 2.24) is 25.1 Å². The number of hydrogen-bond acceptors (Lipinski definition) is 5. The molecule has 1 aromatic heterocycles. The van der Waals surface area contributed by atoms with Crippen LogP contribution in [0.3, 0.4) is 0 Å². The van der Waals surface area contributed by atoms with Gasteiger partial charge in [-0.1, -0.05) is 12.1 Å². The zero-order valence-corrected chi connectivity index (χ0v) is 11.2. The van der Waals surface area contributed by atoms with Gasteiger partial charge in [0.1, 0.15) is 0 Å². The Morgan fingerprint density at radius 2 is 2.00 bits per heavy atom.